The lowest BCUT2D eigenvalue weighted by Gasteiger charge is -2.00. The largest absolute Gasteiger partial charge is 0.469 e. The Morgan fingerprint density at radius 1 is 1.67 bits per heavy atom. The Bertz CT molecular complexity index is 165. The first kappa shape index (κ1) is 14.7. The van der Waals surface area contributed by atoms with Crippen LogP contribution in [-0.4, -0.2) is 27.6 Å². The van der Waals surface area contributed by atoms with Crippen molar-refractivity contribution in [3.8, 4) is 0 Å². The second-order valence-corrected chi connectivity index (χ2v) is 3.94. The molecule has 0 aromatic heterocycles. The van der Waals surface area contributed by atoms with Crippen molar-refractivity contribution in [3.63, 3.8) is 0 Å². The number of halogens is 1. The van der Waals surface area contributed by atoms with E-state index in [1.165, 1.54) is 6.92 Å². The first-order valence-corrected chi connectivity index (χ1v) is 5.18. The van der Waals surface area contributed by atoms with Gasteiger partial charge in [0.25, 0.3) is 0 Å². The van der Waals surface area contributed by atoms with E-state index >= 15 is 0 Å². The average molecular weight is 264 g/mol. The Balaban J connectivity index is 0. The van der Waals surface area contributed by atoms with E-state index in [1.807, 2.05) is 0 Å². The van der Waals surface area contributed by atoms with Crippen molar-refractivity contribution in [2.45, 2.75) is 6.92 Å². The predicted molar refractivity (Wildman–Crippen MR) is 46.7 cm³/mol. The Morgan fingerprint density at radius 3 is 2.08 bits per heavy atom. The Hall–Kier alpha value is 0.220. The van der Waals surface area contributed by atoms with Crippen LogP contribution in [0.25, 0.3) is 0 Å². The highest BCUT2D eigenvalue weighted by Crippen LogP contribution is 2.34. The summed E-state index contributed by atoms with van der Waals surface area (Å²) in [5.74, 6) is 0. The maximum atomic E-state index is 9.81. The van der Waals surface area contributed by atoms with Crippen LogP contribution in [0.4, 0.5) is 0 Å². The molecule has 0 bridgehead atoms. The zero-order valence-corrected chi connectivity index (χ0v) is 8.92. The van der Waals surface area contributed by atoms with Crippen molar-refractivity contribution in [2.75, 3.05) is 13.2 Å². The van der Waals surface area contributed by atoms with Gasteiger partial charge in [-0.25, -0.2) is 4.57 Å². The highest BCUT2D eigenvalue weighted by Gasteiger charge is 2.11. The molecule has 0 heterocycles. The number of phosphoric ester groups is 1. The zero-order valence-electron chi connectivity index (χ0n) is 6.44. The number of hydrogen-bond donors (Lipinski definition) is 3. The summed E-state index contributed by atoms with van der Waals surface area (Å²) in [7, 11) is -4.26. The summed E-state index contributed by atoms with van der Waals surface area (Å²) in [5.41, 5.74) is 4.87. The van der Waals surface area contributed by atoms with Crippen LogP contribution < -0.4 is 5.73 Å². The van der Waals surface area contributed by atoms with Crippen molar-refractivity contribution < 1.29 is 23.7 Å². The van der Waals surface area contributed by atoms with E-state index in [4.69, 9.17) is 15.5 Å². The summed E-state index contributed by atoms with van der Waals surface area (Å²) in [6, 6.07) is 0. The summed E-state index contributed by atoms with van der Waals surface area (Å²) in [6.45, 7) is 1.45. The number of rotatable bonds is 3. The van der Waals surface area contributed by atoms with E-state index < -0.39 is 7.82 Å². The van der Waals surface area contributed by atoms with E-state index in [1.54, 1.807) is 0 Å². The molecule has 0 saturated carbocycles. The molecule has 0 saturated heterocycles. The quantitative estimate of drug-likeness (QED) is 0.488. The summed E-state index contributed by atoms with van der Waals surface area (Å²) < 4.78 is 13.7. The van der Waals surface area contributed by atoms with Gasteiger partial charge in [0.1, 0.15) is 0 Å². The van der Waals surface area contributed by atoms with E-state index in [9.17, 15) is 9.36 Å². The summed E-state index contributed by atoms with van der Waals surface area (Å²) in [4.78, 5) is 25.3. The molecule has 0 spiro atoms. The van der Waals surface area contributed by atoms with Gasteiger partial charge in [0.05, 0.1) is 6.61 Å². The monoisotopic (exact) mass is 263 g/mol. The van der Waals surface area contributed by atoms with Gasteiger partial charge < -0.3 is 15.5 Å². The van der Waals surface area contributed by atoms with Gasteiger partial charge in [-0.05, 0) is 15.9 Å². The minimum atomic E-state index is -4.26. The van der Waals surface area contributed by atoms with Crippen LogP contribution in [0.2, 0.25) is 0 Å². The molecule has 0 aliphatic heterocycles. The van der Waals surface area contributed by atoms with Crippen LogP contribution in [0.1, 0.15) is 6.92 Å². The molecule has 0 aliphatic carbocycles. The second kappa shape index (κ2) is 7.85. The molecule has 0 aromatic rings. The second-order valence-electron chi connectivity index (χ2n) is 1.58. The predicted octanol–water partition coefficient (Wildman–Crippen LogP) is -0.0178. The molecule has 0 aliphatic rings. The van der Waals surface area contributed by atoms with Gasteiger partial charge in [-0.15, -0.1) is 0 Å². The third kappa shape index (κ3) is 31.9. The average Bonchev–Trinajstić information content (AvgIpc) is 1.80. The number of hydrogen-bond acceptors (Lipinski definition) is 4. The number of nitrogens with two attached hydrogens (primary N) is 1. The topological polar surface area (TPSA) is 110 Å². The molecule has 4 N–H and O–H groups in total. The van der Waals surface area contributed by atoms with Crippen LogP contribution >= 0.6 is 23.8 Å². The zero-order chi connectivity index (χ0) is 10.2. The van der Waals surface area contributed by atoms with Gasteiger partial charge in [-0.2, -0.15) is 0 Å². The van der Waals surface area contributed by atoms with E-state index in [0.717, 1.165) is 0 Å². The van der Waals surface area contributed by atoms with E-state index in [2.05, 4.69) is 20.5 Å². The molecule has 0 amide bonds. The first-order chi connectivity index (χ1) is 5.29. The van der Waals surface area contributed by atoms with Crippen LogP contribution in [-0.2, 0) is 13.9 Å². The molecule has 0 rings (SSSR count). The van der Waals surface area contributed by atoms with Gasteiger partial charge in [-0.1, -0.05) is 0 Å². The first-order valence-electron chi connectivity index (χ1n) is 2.86. The van der Waals surface area contributed by atoms with Gasteiger partial charge >= 0.3 is 7.82 Å². The molecule has 12 heavy (non-hydrogen) atoms. The number of carbonyl (C=O) groups is 1. The van der Waals surface area contributed by atoms with Crippen LogP contribution in [0.15, 0.2) is 0 Å². The third-order valence-electron chi connectivity index (χ3n) is 0.377. The summed E-state index contributed by atoms with van der Waals surface area (Å²) in [6.07, 6.45) is 0. The fourth-order valence-corrected chi connectivity index (χ4v) is 0.515. The van der Waals surface area contributed by atoms with Gasteiger partial charge in [0.2, 0.25) is 0 Å². The lowest BCUT2D eigenvalue weighted by atomic mass is 10.8. The molecule has 0 atom stereocenters. The highest BCUT2D eigenvalue weighted by atomic mass is 79.9. The van der Waals surface area contributed by atoms with Crippen LogP contribution in [0.5, 0.6) is 0 Å². The van der Waals surface area contributed by atoms with Crippen molar-refractivity contribution >= 4 is 28.4 Å². The van der Waals surface area contributed by atoms with Gasteiger partial charge in [0, 0.05) is 13.5 Å². The Labute approximate surface area is 78.5 Å². The minimum absolute atomic E-state index is 0.0208. The minimum Gasteiger partial charge on any atom is -0.328 e. The molecule has 6 nitrogen and oxygen atoms in total. The van der Waals surface area contributed by atoms with Crippen molar-refractivity contribution in [1.82, 2.24) is 0 Å². The SMILES string of the molecule is CC(=O)Br.NCCOP(=O)(O)O. The molecule has 0 unspecified atom stereocenters. The lowest BCUT2D eigenvalue weighted by molar-refractivity contribution is -0.108. The fraction of sp³-hybridized carbons (Fsp3) is 0.750. The van der Waals surface area contributed by atoms with Gasteiger partial charge in [0.15, 0.2) is 4.69 Å². The molecule has 74 valence electrons. The summed E-state index contributed by atoms with van der Waals surface area (Å²) in [5, 5.41) is 0. The highest BCUT2D eigenvalue weighted by molar-refractivity contribution is 9.18. The van der Waals surface area contributed by atoms with Crippen molar-refractivity contribution in [1.29, 1.82) is 0 Å². The molecule has 0 radical (unpaired) electrons. The lowest BCUT2D eigenvalue weighted by Crippen LogP contribution is -2.06. The normalized spacial score (nSPS) is 10.1. The Morgan fingerprint density at radius 2 is 2.00 bits per heavy atom. The number of carbonyl (C=O) groups excluding carboxylic acids is 1. The standard InChI is InChI=1S/C2H3BrO.C2H8NO4P/c1-2(3)4;3-1-2-7-8(4,5)6/h1H3;1-3H2,(H2,4,5,6). The number of phosphoric acid groups is 1. The maximum Gasteiger partial charge on any atom is 0.469 e. The smallest absolute Gasteiger partial charge is 0.328 e. The molecule has 0 fully saturated rings. The molecule has 0 aromatic carbocycles. The molecule has 8 heteroatoms. The molecular weight excluding hydrogens is 253 g/mol. The van der Waals surface area contributed by atoms with Crippen molar-refractivity contribution in [3.05, 3.63) is 0 Å². The van der Waals surface area contributed by atoms with Crippen LogP contribution in [0, 0.1) is 0 Å². The molecular formula is C4H11BrNO5P. The van der Waals surface area contributed by atoms with Crippen LogP contribution in [0.3, 0.4) is 0 Å². The summed E-state index contributed by atoms with van der Waals surface area (Å²) >= 11 is 2.63. The van der Waals surface area contributed by atoms with Crippen molar-refractivity contribution in [2.24, 2.45) is 5.73 Å². The maximum absolute atomic E-state index is 9.81. The van der Waals surface area contributed by atoms with E-state index in [-0.39, 0.29) is 17.8 Å². The van der Waals surface area contributed by atoms with Gasteiger partial charge in [-0.3, -0.25) is 9.32 Å². The fourth-order valence-electron chi connectivity index (χ4n) is 0.172. The Kier molecular flexibility index (Phi) is 9.63. The van der Waals surface area contributed by atoms with E-state index in [0.29, 0.717) is 0 Å². The third-order valence-corrected chi connectivity index (χ3v) is 0.896.